The molecule has 0 saturated carbocycles. The fourth-order valence-electron chi connectivity index (χ4n) is 4.09. The zero-order chi connectivity index (χ0) is 23.9. The first kappa shape index (κ1) is 24.4. The summed E-state index contributed by atoms with van der Waals surface area (Å²) in [7, 11) is 0. The molecule has 172 valence electrons. The molecule has 0 heterocycles. The Kier molecular flexibility index (Phi) is 7.85. The van der Waals surface area contributed by atoms with Crippen LogP contribution in [0.3, 0.4) is 0 Å². The second-order valence-electron chi connectivity index (χ2n) is 8.98. The molecule has 0 N–H and O–H groups in total. The Morgan fingerprint density at radius 3 is 1.67 bits per heavy atom. The summed E-state index contributed by atoms with van der Waals surface area (Å²) in [5.41, 5.74) is 2.14. The normalized spacial score (nSPS) is 12.9. The Hall–Kier alpha value is -3.21. The topological polar surface area (TPSA) is 38.8 Å². The predicted molar refractivity (Wildman–Crippen MR) is 132 cm³/mol. The van der Waals surface area contributed by atoms with Crippen molar-refractivity contribution in [2.45, 2.75) is 44.9 Å². The van der Waals surface area contributed by atoms with Crippen molar-refractivity contribution < 1.29 is 14.4 Å². The molecule has 0 aliphatic rings. The third kappa shape index (κ3) is 5.78. The van der Waals surface area contributed by atoms with Gasteiger partial charge in [-0.15, -0.1) is 0 Å². The molecular formula is C29H33NO3. The van der Waals surface area contributed by atoms with E-state index in [-0.39, 0.29) is 6.61 Å². The highest BCUT2D eigenvalue weighted by molar-refractivity contribution is 5.81. The minimum Gasteiger partial charge on any atom is -0.459 e. The number of ether oxygens (including phenoxy) is 1. The van der Waals surface area contributed by atoms with Gasteiger partial charge in [0.1, 0.15) is 12.7 Å². The van der Waals surface area contributed by atoms with Gasteiger partial charge in [-0.3, -0.25) is 4.84 Å². The number of rotatable bonds is 10. The van der Waals surface area contributed by atoms with E-state index in [9.17, 15) is 4.79 Å². The van der Waals surface area contributed by atoms with Crippen LogP contribution >= 0.6 is 0 Å². The SMILES string of the molecule is C=CC(=O)OCC(ON(C(C)(C)c1ccccc1)C(C)(C)c1ccccc1)c1ccccc1. The molecule has 0 aliphatic heterocycles. The first-order chi connectivity index (χ1) is 15.8. The lowest BCUT2D eigenvalue weighted by Gasteiger charge is -2.49. The van der Waals surface area contributed by atoms with Gasteiger partial charge in [-0.05, 0) is 44.4 Å². The highest BCUT2D eigenvalue weighted by atomic mass is 16.7. The molecule has 3 rings (SSSR count). The monoisotopic (exact) mass is 443 g/mol. The number of hydroxylamine groups is 2. The molecule has 33 heavy (non-hydrogen) atoms. The Balaban J connectivity index is 2.06. The highest BCUT2D eigenvalue weighted by Crippen LogP contribution is 2.41. The van der Waals surface area contributed by atoms with E-state index in [1.54, 1.807) is 0 Å². The van der Waals surface area contributed by atoms with Crippen LogP contribution in [0.2, 0.25) is 0 Å². The molecule has 0 fully saturated rings. The van der Waals surface area contributed by atoms with Crippen molar-refractivity contribution in [3.8, 4) is 0 Å². The second-order valence-corrected chi connectivity index (χ2v) is 8.98. The number of esters is 1. The molecule has 0 bridgehead atoms. The quantitative estimate of drug-likeness (QED) is 0.202. The smallest absolute Gasteiger partial charge is 0.330 e. The van der Waals surface area contributed by atoms with Gasteiger partial charge in [0.25, 0.3) is 0 Å². The number of hydrogen-bond acceptors (Lipinski definition) is 4. The number of nitrogens with zero attached hydrogens (tertiary/aromatic N) is 1. The van der Waals surface area contributed by atoms with Crippen LogP contribution in [0.15, 0.2) is 104 Å². The summed E-state index contributed by atoms with van der Waals surface area (Å²) in [6.45, 7) is 12.1. The van der Waals surface area contributed by atoms with Gasteiger partial charge in [0.2, 0.25) is 0 Å². The molecule has 1 atom stereocenters. The molecule has 0 saturated heterocycles. The largest absolute Gasteiger partial charge is 0.459 e. The highest BCUT2D eigenvalue weighted by Gasteiger charge is 2.43. The summed E-state index contributed by atoms with van der Waals surface area (Å²) in [5, 5.41) is 2.03. The van der Waals surface area contributed by atoms with Crippen molar-refractivity contribution in [1.82, 2.24) is 5.06 Å². The average Bonchev–Trinajstić information content (AvgIpc) is 2.85. The summed E-state index contributed by atoms with van der Waals surface area (Å²) >= 11 is 0. The van der Waals surface area contributed by atoms with Gasteiger partial charge in [0, 0.05) is 6.08 Å². The Morgan fingerprint density at radius 1 is 0.818 bits per heavy atom. The van der Waals surface area contributed by atoms with E-state index in [2.05, 4.69) is 58.5 Å². The Labute approximate surface area is 197 Å². The van der Waals surface area contributed by atoms with Crippen LogP contribution in [-0.4, -0.2) is 17.6 Å². The summed E-state index contributed by atoms with van der Waals surface area (Å²) in [6, 6.07) is 30.4. The first-order valence-corrected chi connectivity index (χ1v) is 11.2. The predicted octanol–water partition coefficient (Wildman–Crippen LogP) is 6.56. The van der Waals surface area contributed by atoms with Crippen molar-refractivity contribution in [1.29, 1.82) is 0 Å². The van der Waals surface area contributed by atoms with Gasteiger partial charge in [-0.25, -0.2) is 4.79 Å². The van der Waals surface area contributed by atoms with Gasteiger partial charge >= 0.3 is 5.97 Å². The van der Waals surface area contributed by atoms with E-state index in [1.165, 1.54) is 6.08 Å². The van der Waals surface area contributed by atoms with E-state index in [0.717, 1.165) is 16.7 Å². The summed E-state index contributed by atoms with van der Waals surface area (Å²) in [6.07, 6.45) is 0.669. The minimum atomic E-state index is -0.504. The molecule has 0 spiro atoms. The zero-order valence-corrected chi connectivity index (χ0v) is 19.9. The minimum absolute atomic E-state index is 0.0705. The second kappa shape index (κ2) is 10.6. The van der Waals surface area contributed by atoms with Crippen LogP contribution < -0.4 is 0 Å². The van der Waals surface area contributed by atoms with Gasteiger partial charge in [0.15, 0.2) is 0 Å². The first-order valence-electron chi connectivity index (χ1n) is 11.2. The number of carbonyl (C=O) groups excluding carboxylic acids is 1. The van der Waals surface area contributed by atoms with E-state index < -0.39 is 23.2 Å². The van der Waals surface area contributed by atoms with Crippen molar-refractivity contribution in [2.75, 3.05) is 6.61 Å². The van der Waals surface area contributed by atoms with Gasteiger partial charge in [-0.1, -0.05) is 97.6 Å². The van der Waals surface area contributed by atoms with Crippen LogP contribution in [0, 0.1) is 0 Å². The fraction of sp³-hybridized carbons (Fsp3) is 0.276. The number of hydrogen-bond donors (Lipinski definition) is 0. The Morgan fingerprint density at radius 2 is 1.24 bits per heavy atom. The summed E-state index contributed by atoms with van der Waals surface area (Å²) in [5.74, 6) is -0.476. The van der Waals surface area contributed by atoms with Crippen LogP contribution in [-0.2, 0) is 25.4 Å². The lowest BCUT2D eigenvalue weighted by Crippen LogP contribution is -2.52. The molecular weight excluding hydrogens is 410 g/mol. The molecule has 0 amide bonds. The van der Waals surface area contributed by atoms with Crippen molar-refractivity contribution in [2.24, 2.45) is 0 Å². The van der Waals surface area contributed by atoms with Crippen molar-refractivity contribution in [3.05, 3.63) is 120 Å². The number of benzene rings is 3. The van der Waals surface area contributed by atoms with Gasteiger partial charge < -0.3 is 4.74 Å². The number of carbonyl (C=O) groups is 1. The third-order valence-electron chi connectivity index (χ3n) is 5.92. The molecule has 0 radical (unpaired) electrons. The Bertz CT molecular complexity index is 979. The van der Waals surface area contributed by atoms with Crippen LogP contribution in [0.1, 0.15) is 50.5 Å². The van der Waals surface area contributed by atoms with Gasteiger partial charge in [0.05, 0.1) is 11.1 Å². The molecule has 0 aliphatic carbocycles. The average molecular weight is 444 g/mol. The summed E-state index contributed by atoms with van der Waals surface area (Å²) < 4.78 is 5.44. The molecule has 0 aromatic heterocycles. The lowest BCUT2D eigenvalue weighted by molar-refractivity contribution is -0.306. The molecule has 3 aromatic carbocycles. The van der Waals surface area contributed by atoms with Crippen LogP contribution in [0.25, 0.3) is 0 Å². The molecule has 4 nitrogen and oxygen atoms in total. The lowest BCUT2D eigenvalue weighted by atomic mass is 9.86. The maximum atomic E-state index is 11.9. The zero-order valence-electron chi connectivity index (χ0n) is 19.9. The molecule has 1 unspecified atom stereocenters. The van der Waals surface area contributed by atoms with Crippen molar-refractivity contribution >= 4 is 5.97 Å². The van der Waals surface area contributed by atoms with E-state index in [0.29, 0.717) is 0 Å². The maximum Gasteiger partial charge on any atom is 0.330 e. The van der Waals surface area contributed by atoms with Crippen molar-refractivity contribution in [3.63, 3.8) is 0 Å². The fourth-order valence-corrected chi connectivity index (χ4v) is 4.09. The molecule has 3 aromatic rings. The summed E-state index contributed by atoms with van der Waals surface area (Å²) in [4.78, 5) is 18.7. The van der Waals surface area contributed by atoms with E-state index in [4.69, 9.17) is 9.57 Å². The maximum absolute atomic E-state index is 11.9. The van der Waals surface area contributed by atoms with Crippen LogP contribution in [0.5, 0.6) is 0 Å². The van der Waals surface area contributed by atoms with E-state index in [1.807, 2.05) is 71.8 Å². The van der Waals surface area contributed by atoms with Gasteiger partial charge in [-0.2, -0.15) is 5.06 Å². The van der Waals surface area contributed by atoms with Crippen LogP contribution in [0.4, 0.5) is 0 Å². The third-order valence-corrected chi connectivity index (χ3v) is 5.92. The van der Waals surface area contributed by atoms with E-state index >= 15 is 0 Å². The molecule has 4 heteroatoms. The standard InChI is InChI=1S/C29H33NO3/c1-6-27(31)32-22-26(23-16-10-7-11-17-23)33-30(28(2,3)24-18-12-8-13-19-24)29(4,5)25-20-14-9-15-21-25/h6-21,26H,1,22H2,2-5H3.